The van der Waals surface area contributed by atoms with Crippen LogP contribution in [0.1, 0.15) is 5.82 Å². The lowest BCUT2D eigenvalue weighted by Crippen LogP contribution is -2.18. The van der Waals surface area contributed by atoms with Crippen molar-refractivity contribution < 1.29 is 14.3 Å². The molecule has 0 saturated heterocycles. The zero-order valence-electron chi connectivity index (χ0n) is 8.85. The maximum absolute atomic E-state index is 13.0. The van der Waals surface area contributed by atoms with Gasteiger partial charge in [-0.2, -0.15) is 5.10 Å². The highest BCUT2D eigenvalue weighted by molar-refractivity contribution is 6.30. The molecule has 0 aliphatic rings. The fraction of sp³-hybridized carbons (Fsp3) is 0.100. The molecule has 0 spiro atoms. The van der Waals surface area contributed by atoms with E-state index in [0.717, 1.165) is 10.6 Å². The second kappa shape index (κ2) is 4.61. The van der Waals surface area contributed by atoms with Crippen molar-refractivity contribution >= 4 is 17.6 Å². The van der Waals surface area contributed by atoms with Crippen LogP contribution in [-0.2, 0) is 11.2 Å². The molecule has 1 aromatic carbocycles. The summed E-state index contributed by atoms with van der Waals surface area (Å²) >= 11 is 5.60. The Balaban J connectivity index is 2.55. The van der Waals surface area contributed by atoms with Crippen LogP contribution in [0.25, 0.3) is 5.69 Å². The second-order valence-corrected chi connectivity index (χ2v) is 3.86. The van der Waals surface area contributed by atoms with Crippen LogP contribution in [0.15, 0.2) is 23.0 Å². The van der Waals surface area contributed by atoms with Gasteiger partial charge in [0.05, 0.1) is 10.7 Å². The lowest BCUT2D eigenvalue weighted by atomic mass is 10.3. The minimum atomic E-state index is -1.14. The van der Waals surface area contributed by atoms with Crippen LogP contribution in [-0.4, -0.2) is 25.8 Å². The summed E-state index contributed by atoms with van der Waals surface area (Å²) in [5.41, 5.74) is -0.370. The zero-order valence-corrected chi connectivity index (χ0v) is 9.61. The van der Waals surface area contributed by atoms with E-state index in [0.29, 0.717) is 0 Å². The van der Waals surface area contributed by atoms with E-state index in [4.69, 9.17) is 16.7 Å². The third-order valence-corrected chi connectivity index (χ3v) is 2.50. The Bertz CT molecular complexity index is 665. The molecule has 0 radical (unpaired) electrons. The Labute approximate surface area is 105 Å². The first kappa shape index (κ1) is 12.3. The largest absolute Gasteiger partial charge is 0.481 e. The van der Waals surface area contributed by atoms with Gasteiger partial charge < -0.3 is 5.11 Å². The number of rotatable bonds is 3. The molecule has 8 heteroatoms. The average molecular weight is 272 g/mol. The van der Waals surface area contributed by atoms with Crippen molar-refractivity contribution in [3.8, 4) is 5.69 Å². The smallest absolute Gasteiger partial charge is 0.347 e. The number of hydrogen-bond donors (Lipinski definition) is 2. The number of halogens is 2. The number of nitrogens with one attached hydrogen (secondary N) is 1. The summed E-state index contributed by atoms with van der Waals surface area (Å²) in [5.74, 6) is -1.75. The normalized spacial score (nSPS) is 10.6. The standard InChI is InChI=1S/C10H7ClFN3O3/c11-6-3-5(1-2-7(6)12)15-8(4-9(16)17)13-14-10(15)18/h1-3H,4H2,(H,14,18)(H,16,17). The molecule has 0 unspecified atom stereocenters. The Hall–Kier alpha value is -2.15. The highest BCUT2D eigenvalue weighted by Gasteiger charge is 2.14. The van der Waals surface area contributed by atoms with Crippen LogP contribution >= 0.6 is 11.6 Å². The molecule has 2 aromatic rings. The molecule has 0 atom stereocenters. The lowest BCUT2D eigenvalue weighted by molar-refractivity contribution is -0.136. The van der Waals surface area contributed by atoms with Gasteiger partial charge in [-0.25, -0.2) is 18.9 Å². The first-order valence-corrected chi connectivity index (χ1v) is 5.20. The summed E-state index contributed by atoms with van der Waals surface area (Å²) in [6.07, 6.45) is -0.437. The molecule has 94 valence electrons. The lowest BCUT2D eigenvalue weighted by Gasteiger charge is -2.04. The molecule has 2 N–H and O–H groups in total. The van der Waals surface area contributed by atoms with Crippen molar-refractivity contribution in [3.63, 3.8) is 0 Å². The summed E-state index contributed by atoms with van der Waals surface area (Å²) in [6, 6.07) is 3.62. The number of nitrogens with zero attached hydrogens (tertiary/aromatic N) is 2. The summed E-state index contributed by atoms with van der Waals surface area (Å²) in [6.45, 7) is 0. The molecule has 0 aliphatic carbocycles. The summed E-state index contributed by atoms with van der Waals surface area (Å²) in [5, 5.41) is 14.3. The van der Waals surface area contributed by atoms with Crippen molar-refractivity contribution in [1.82, 2.24) is 14.8 Å². The van der Waals surface area contributed by atoms with Gasteiger partial charge in [0.2, 0.25) is 0 Å². The molecular weight excluding hydrogens is 265 g/mol. The monoisotopic (exact) mass is 271 g/mol. The van der Waals surface area contributed by atoms with E-state index in [2.05, 4.69) is 10.2 Å². The third kappa shape index (κ3) is 2.25. The zero-order chi connectivity index (χ0) is 13.3. The minimum Gasteiger partial charge on any atom is -0.481 e. The number of carboxylic acids is 1. The fourth-order valence-corrected chi connectivity index (χ4v) is 1.65. The number of aromatic amines is 1. The molecule has 2 rings (SSSR count). The SMILES string of the molecule is O=C(O)Cc1n[nH]c(=O)n1-c1ccc(F)c(Cl)c1. The van der Waals surface area contributed by atoms with Gasteiger partial charge in [-0.15, -0.1) is 0 Å². The fourth-order valence-electron chi connectivity index (χ4n) is 1.47. The van der Waals surface area contributed by atoms with Crippen LogP contribution in [0.2, 0.25) is 5.02 Å². The van der Waals surface area contributed by atoms with Crippen LogP contribution in [0.4, 0.5) is 4.39 Å². The molecule has 0 amide bonds. The van der Waals surface area contributed by atoms with Gasteiger partial charge in [-0.1, -0.05) is 11.6 Å². The van der Waals surface area contributed by atoms with E-state index >= 15 is 0 Å². The van der Waals surface area contributed by atoms with Gasteiger partial charge in [0.25, 0.3) is 0 Å². The van der Waals surface area contributed by atoms with E-state index in [9.17, 15) is 14.0 Å². The van der Waals surface area contributed by atoms with E-state index < -0.39 is 23.9 Å². The molecular formula is C10H7ClFN3O3. The van der Waals surface area contributed by atoms with Gasteiger partial charge in [-0.3, -0.25) is 4.79 Å². The van der Waals surface area contributed by atoms with Gasteiger partial charge in [-0.05, 0) is 18.2 Å². The van der Waals surface area contributed by atoms with Crippen LogP contribution in [0.5, 0.6) is 0 Å². The average Bonchev–Trinajstić information content (AvgIpc) is 2.63. The number of H-pyrrole nitrogens is 1. The van der Waals surface area contributed by atoms with Crippen LogP contribution in [0, 0.1) is 5.82 Å². The summed E-state index contributed by atoms with van der Waals surface area (Å²) in [7, 11) is 0. The van der Waals surface area contributed by atoms with Crippen LogP contribution < -0.4 is 5.69 Å². The van der Waals surface area contributed by atoms with Gasteiger partial charge in [0.15, 0.2) is 0 Å². The van der Waals surface area contributed by atoms with E-state index in [1.165, 1.54) is 12.1 Å². The van der Waals surface area contributed by atoms with Gasteiger partial charge in [0, 0.05) is 0 Å². The number of benzene rings is 1. The summed E-state index contributed by atoms with van der Waals surface area (Å²) < 4.78 is 14.0. The number of hydrogen-bond acceptors (Lipinski definition) is 3. The van der Waals surface area contributed by atoms with Crippen molar-refractivity contribution in [3.05, 3.63) is 45.3 Å². The number of aliphatic carboxylic acids is 1. The predicted octanol–water partition coefficient (Wildman–Crippen LogP) is 0.980. The van der Waals surface area contributed by atoms with Crippen molar-refractivity contribution in [2.24, 2.45) is 0 Å². The quantitative estimate of drug-likeness (QED) is 0.871. The second-order valence-electron chi connectivity index (χ2n) is 3.45. The molecule has 6 nitrogen and oxygen atoms in total. The van der Waals surface area contributed by atoms with E-state index in [1.54, 1.807) is 0 Å². The molecule has 18 heavy (non-hydrogen) atoms. The van der Waals surface area contributed by atoms with Crippen molar-refractivity contribution in [2.45, 2.75) is 6.42 Å². The Morgan fingerprint density at radius 3 is 2.89 bits per heavy atom. The summed E-state index contributed by atoms with van der Waals surface area (Å²) in [4.78, 5) is 22.2. The number of carboxylic acid groups (broad SMARTS) is 1. The Morgan fingerprint density at radius 2 is 2.28 bits per heavy atom. The Kier molecular flexibility index (Phi) is 3.15. The number of aromatic nitrogens is 3. The predicted molar refractivity (Wildman–Crippen MR) is 60.5 cm³/mol. The van der Waals surface area contributed by atoms with Crippen molar-refractivity contribution in [1.29, 1.82) is 0 Å². The van der Waals surface area contributed by atoms with E-state index in [-0.39, 0.29) is 16.5 Å². The van der Waals surface area contributed by atoms with E-state index in [1.807, 2.05) is 0 Å². The molecule has 0 fully saturated rings. The van der Waals surface area contributed by atoms with Gasteiger partial charge >= 0.3 is 11.7 Å². The molecule has 1 aromatic heterocycles. The van der Waals surface area contributed by atoms with Gasteiger partial charge in [0.1, 0.15) is 18.1 Å². The molecule has 0 bridgehead atoms. The molecule has 1 heterocycles. The maximum atomic E-state index is 13.0. The van der Waals surface area contributed by atoms with Crippen molar-refractivity contribution in [2.75, 3.05) is 0 Å². The topological polar surface area (TPSA) is 88.0 Å². The highest BCUT2D eigenvalue weighted by Crippen LogP contribution is 2.18. The van der Waals surface area contributed by atoms with Crippen LogP contribution in [0.3, 0.4) is 0 Å². The Morgan fingerprint density at radius 1 is 1.56 bits per heavy atom. The first-order chi connectivity index (χ1) is 8.49. The highest BCUT2D eigenvalue weighted by atomic mass is 35.5. The minimum absolute atomic E-state index is 0.00942. The third-order valence-electron chi connectivity index (χ3n) is 2.21. The first-order valence-electron chi connectivity index (χ1n) is 4.82. The number of carbonyl (C=O) groups is 1. The maximum Gasteiger partial charge on any atom is 0.347 e. The molecule has 0 aliphatic heterocycles. The molecule has 0 saturated carbocycles.